The van der Waals surface area contributed by atoms with Gasteiger partial charge in [-0.05, 0) is 30.3 Å². The van der Waals surface area contributed by atoms with Crippen molar-refractivity contribution >= 4 is 69.1 Å². The van der Waals surface area contributed by atoms with Gasteiger partial charge in [-0.1, -0.05) is 91.5 Å². The van der Waals surface area contributed by atoms with Crippen molar-refractivity contribution in [3.8, 4) is 0 Å². The van der Waals surface area contributed by atoms with Crippen molar-refractivity contribution in [1.82, 2.24) is 30.2 Å². The number of allylic oxidation sites excluding steroid dienone is 1. The summed E-state index contributed by atoms with van der Waals surface area (Å²) in [5.41, 5.74) is 4.27. The van der Waals surface area contributed by atoms with Crippen LogP contribution in [0.4, 0.5) is 5.82 Å². The number of aliphatic hydroxyl groups excluding tert-OH is 2. The number of fused-ring (bicyclic) bond motifs is 1. The third-order valence-corrected chi connectivity index (χ3v) is 14.1. The standard InChI is InChI=1S/C37H64N7O17P3S/c1-23(2)9-7-10-24(3)11-8-12-25(4)13-14-28(46)65-18-17-39-27(45)15-16-40-35(49)32(48)37(5,6)20-58-64(55,56)61-63(53,54)57-19-26-31(60-62(50,51)52)30(47)36(59-26)44-22-43-29-33(38)41-21-42-34(29)44/h13-14,21-26,30-32,36,47-48H,7-12,15-20H2,1-6H3,(H,39,45)(H,40,49)(H,53,54)(H,55,56)(H2,38,41,42)(H2,50,51,52)/b14-13+. The second-order valence-corrected chi connectivity index (χ2v) is 22.3. The van der Waals surface area contributed by atoms with Crippen LogP contribution in [0.3, 0.4) is 0 Å². The summed E-state index contributed by atoms with van der Waals surface area (Å²) in [4.78, 5) is 88.4. The monoisotopic (exact) mass is 1000 g/mol. The van der Waals surface area contributed by atoms with Crippen LogP contribution < -0.4 is 16.4 Å². The molecular formula is C37H64N7O17P3S. The number of nitrogens with one attached hydrogen (secondary N) is 2. The zero-order valence-electron chi connectivity index (χ0n) is 37.2. The molecule has 370 valence electrons. The van der Waals surface area contributed by atoms with Gasteiger partial charge in [0.2, 0.25) is 16.9 Å². The van der Waals surface area contributed by atoms with Gasteiger partial charge < -0.3 is 50.9 Å². The third kappa shape index (κ3) is 19.8. The van der Waals surface area contributed by atoms with E-state index in [0.29, 0.717) is 11.7 Å². The molecule has 0 aliphatic carbocycles. The summed E-state index contributed by atoms with van der Waals surface area (Å²) in [6.07, 6.45) is 3.58. The number of aliphatic hydroxyl groups is 2. The molecule has 2 aromatic rings. The first-order valence-electron chi connectivity index (χ1n) is 20.9. The smallest absolute Gasteiger partial charge is 0.386 e. The summed E-state index contributed by atoms with van der Waals surface area (Å²) in [6.45, 7) is 9.35. The van der Waals surface area contributed by atoms with E-state index < -0.39 is 84.6 Å². The summed E-state index contributed by atoms with van der Waals surface area (Å²) in [5.74, 6) is 0.580. The molecule has 9 atom stereocenters. The predicted molar refractivity (Wildman–Crippen MR) is 237 cm³/mol. The van der Waals surface area contributed by atoms with Crippen LogP contribution in [0.2, 0.25) is 0 Å². The van der Waals surface area contributed by atoms with Gasteiger partial charge >= 0.3 is 23.5 Å². The number of imidazole rings is 1. The fourth-order valence-electron chi connectivity index (χ4n) is 6.48. The first-order chi connectivity index (χ1) is 30.2. The molecule has 0 spiro atoms. The largest absolute Gasteiger partial charge is 0.481 e. The van der Waals surface area contributed by atoms with E-state index in [0.717, 1.165) is 47.7 Å². The van der Waals surface area contributed by atoms with Gasteiger partial charge in [0.15, 0.2) is 17.7 Å². The second kappa shape index (κ2) is 25.6. The molecule has 28 heteroatoms. The number of anilines is 1. The Morgan fingerprint density at radius 2 is 1.63 bits per heavy atom. The zero-order chi connectivity index (χ0) is 48.8. The zero-order valence-corrected chi connectivity index (χ0v) is 40.7. The Labute approximate surface area is 381 Å². The maximum absolute atomic E-state index is 12.7. The lowest BCUT2D eigenvalue weighted by atomic mass is 9.87. The minimum Gasteiger partial charge on any atom is -0.386 e. The number of amides is 2. The quantitative estimate of drug-likeness (QED) is 0.0320. The molecule has 0 radical (unpaired) electrons. The molecule has 3 rings (SSSR count). The molecule has 0 saturated carbocycles. The molecule has 65 heavy (non-hydrogen) atoms. The Balaban J connectivity index is 1.38. The van der Waals surface area contributed by atoms with Crippen LogP contribution in [0.5, 0.6) is 0 Å². The van der Waals surface area contributed by atoms with Gasteiger partial charge in [0.05, 0.1) is 19.5 Å². The maximum Gasteiger partial charge on any atom is 0.481 e. The average molecular weight is 1000 g/mol. The molecule has 24 nitrogen and oxygen atoms in total. The molecular weight excluding hydrogens is 939 g/mol. The molecule has 2 aromatic heterocycles. The van der Waals surface area contributed by atoms with Crippen molar-refractivity contribution in [1.29, 1.82) is 0 Å². The fourth-order valence-corrected chi connectivity index (χ4v) is 9.89. The van der Waals surface area contributed by atoms with Crippen molar-refractivity contribution in [2.75, 3.05) is 37.8 Å². The van der Waals surface area contributed by atoms with Gasteiger partial charge in [-0.3, -0.25) is 32.5 Å². The molecule has 0 bridgehead atoms. The minimum atomic E-state index is -5.58. The molecule has 3 heterocycles. The number of carbonyl (C=O) groups excluding carboxylic acids is 3. The Morgan fingerprint density at radius 1 is 0.969 bits per heavy atom. The van der Waals surface area contributed by atoms with E-state index in [-0.39, 0.29) is 47.5 Å². The van der Waals surface area contributed by atoms with E-state index in [4.69, 9.17) is 19.5 Å². The SMILES string of the molecule is CC(C)CCCC(C)CCCC(C)/C=C/C(=O)SCCNC(=O)CCNC(=O)C(O)C(C)(C)COP(=O)(O)OP(=O)(O)OCC1OC(n2cnc3c(N)ncnc32)C(O)C1OP(=O)(O)O. The van der Waals surface area contributed by atoms with Crippen LogP contribution in [0, 0.1) is 23.2 Å². The highest BCUT2D eigenvalue weighted by Gasteiger charge is 2.50. The van der Waals surface area contributed by atoms with Crippen molar-refractivity contribution < 1.29 is 80.5 Å². The number of carbonyl (C=O) groups is 3. The van der Waals surface area contributed by atoms with Gasteiger partial charge in [0.25, 0.3) is 0 Å². The van der Waals surface area contributed by atoms with Crippen molar-refractivity contribution in [3.05, 3.63) is 24.8 Å². The molecule has 1 aliphatic heterocycles. The Hall–Kier alpha value is -2.70. The number of aromatic nitrogens is 4. The van der Waals surface area contributed by atoms with Crippen LogP contribution >= 0.6 is 35.2 Å². The van der Waals surface area contributed by atoms with Crippen molar-refractivity contribution in [3.63, 3.8) is 0 Å². The fraction of sp³-hybridized carbons (Fsp3) is 0.730. The van der Waals surface area contributed by atoms with Gasteiger partial charge in [0.1, 0.15) is 36.3 Å². The van der Waals surface area contributed by atoms with Gasteiger partial charge in [-0.15, -0.1) is 0 Å². The number of ether oxygens (including phenoxy) is 1. The summed E-state index contributed by atoms with van der Waals surface area (Å²) in [5, 5.41) is 26.4. The third-order valence-electron chi connectivity index (χ3n) is 10.1. The first-order valence-corrected chi connectivity index (χ1v) is 26.4. The number of nitrogens with zero attached hydrogens (tertiary/aromatic N) is 4. The lowest BCUT2D eigenvalue weighted by Crippen LogP contribution is -2.46. The van der Waals surface area contributed by atoms with Crippen LogP contribution in [0.15, 0.2) is 24.8 Å². The topological polar surface area (TPSA) is 364 Å². The number of phosphoric ester groups is 3. The molecule has 1 aliphatic rings. The van der Waals surface area contributed by atoms with Crippen molar-refractivity contribution in [2.45, 2.75) is 117 Å². The minimum absolute atomic E-state index is 0.0314. The lowest BCUT2D eigenvalue weighted by molar-refractivity contribution is -0.137. The van der Waals surface area contributed by atoms with Gasteiger partial charge in [-0.2, -0.15) is 4.31 Å². The van der Waals surface area contributed by atoms with Crippen LogP contribution in [-0.2, 0) is 50.7 Å². The number of nitrogen functional groups attached to an aromatic ring is 1. The van der Waals surface area contributed by atoms with Gasteiger partial charge in [-0.25, -0.2) is 28.6 Å². The number of thioether (sulfide) groups is 1. The number of nitrogens with two attached hydrogens (primary N) is 1. The average Bonchev–Trinajstić information content (AvgIpc) is 3.76. The summed E-state index contributed by atoms with van der Waals surface area (Å²) in [6, 6.07) is 0. The number of phosphoric acid groups is 3. The van der Waals surface area contributed by atoms with Crippen molar-refractivity contribution in [2.24, 2.45) is 23.2 Å². The predicted octanol–water partition coefficient (Wildman–Crippen LogP) is 3.49. The van der Waals surface area contributed by atoms with E-state index in [1.54, 1.807) is 6.08 Å². The summed E-state index contributed by atoms with van der Waals surface area (Å²) in [7, 11) is -16.4. The Kier molecular flexibility index (Phi) is 22.3. The summed E-state index contributed by atoms with van der Waals surface area (Å²) >= 11 is 1.07. The maximum atomic E-state index is 12.7. The Bertz CT molecular complexity index is 2060. The van der Waals surface area contributed by atoms with E-state index in [1.807, 2.05) is 6.08 Å². The molecule has 9 unspecified atom stereocenters. The molecule has 10 N–H and O–H groups in total. The van der Waals surface area contributed by atoms with E-state index >= 15 is 0 Å². The molecule has 1 fully saturated rings. The molecule has 2 amide bonds. The van der Waals surface area contributed by atoms with Crippen LogP contribution in [0.1, 0.15) is 92.7 Å². The first kappa shape index (κ1) is 56.6. The highest BCUT2D eigenvalue weighted by Crippen LogP contribution is 2.61. The lowest BCUT2D eigenvalue weighted by Gasteiger charge is -2.30. The highest BCUT2D eigenvalue weighted by molar-refractivity contribution is 8.14. The second-order valence-electron chi connectivity index (χ2n) is 16.9. The van der Waals surface area contributed by atoms with Crippen LogP contribution in [-0.4, -0.2) is 123 Å². The van der Waals surface area contributed by atoms with E-state index in [1.165, 1.54) is 39.5 Å². The number of hydrogen-bond acceptors (Lipinski definition) is 18. The van der Waals surface area contributed by atoms with E-state index in [9.17, 15) is 57.9 Å². The normalized spacial score (nSPS) is 21.6. The number of rotatable bonds is 29. The Morgan fingerprint density at radius 3 is 2.29 bits per heavy atom. The number of hydrogen-bond donors (Lipinski definition) is 9. The van der Waals surface area contributed by atoms with E-state index in [2.05, 4.69) is 62.1 Å². The summed E-state index contributed by atoms with van der Waals surface area (Å²) < 4.78 is 62.4. The molecule has 1 saturated heterocycles. The highest BCUT2D eigenvalue weighted by atomic mass is 32.2. The molecule has 0 aromatic carbocycles. The van der Waals surface area contributed by atoms with Crippen LogP contribution in [0.25, 0.3) is 11.2 Å². The van der Waals surface area contributed by atoms with Gasteiger partial charge in [0, 0.05) is 30.7 Å².